The second-order valence-corrected chi connectivity index (χ2v) is 10.1. The Morgan fingerprint density at radius 2 is 1.77 bits per heavy atom. The number of carbonyl (C=O) groups excluding carboxylic acids is 2. The van der Waals surface area contributed by atoms with Gasteiger partial charge < -0.3 is 19.5 Å². The highest BCUT2D eigenvalue weighted by molar-refractivity contribution is 6.03. The summed E-state index contributed by atoms with van der Waals surface area (Å²) in [6, 6.07) is 17.9. The normalized spacial score (nSPS) is 21.0. The first-order valence-electron chi connectivity index (χ1n) is 12.9. The SMILES string of the molecule is CCOc1ccc(CN2C(=O)c3cc4ccccc4n3CC2(C)C(=O)NC2CCCCCC2)cc1. The van der Waals surface area contributed by atoms with E-state index in [1.165, 1.54) is 12.8 Å². The average Bonchev–Trinajstić information content (AvgIpc) is 3.03. The molecule has 1 unspecified atom stereocenters. The van der Waals surface area contributed by atoms with E-state index in [0.29, 0.717) is 25.4 Å². The number of nitrogens with one attached hydrogen (secondary N) is 1. The number of aromatic nitrogens is 1. The van der Waals surface area contributed by atoms with Crippen LogP contribution in [0.1, 0.15) is 68.4 Å². The van der Waals surface area contributed by atoms with Crippen molar-refractivity contribution in [2.75, 3.05) is 6.61 Å². The zero-order valence-corrected chi connectivity index (χ0v) is 20.8. The second-order valence-electron chi connectivity index (χ2n) is 10.1. The first-order chi connectivity index (χ1) is 17.0. The molecule has 2 amide bonds. The molecule has 0 bridgehead atoms. The van der Waals surface area contributed by atoms with Gasteiger partial charge in [0.1, 0.15) is 17.0 Å². The van der Waals surface area contributed by atoms with E-state index in [1.807, 2.05) is 73.0 Å². The molecular formula is C29H35N3O3. The van der Waals surface area contributed by atoms with Gasteiger partial charge in [0.2, 0.25) is 5.91 Å². The minimum atomic E-state index is -1.00. The van der Waals surface area contributed by atoms with Gasteiger partial charge in [-0.05, 0) is 56.5 Å². The van der Waals surface area contributed by atoms with Crippen LogP contribution in [0, 0.1) is 0 Å². The number of rotatable bonds is 6. The fraction of sp³-hybridized carbons (Fsp3) is 0.448. The van der Waals surface area contributed by atoms with Crippen molar-refractivity contribution < 1.29 is 14.3 Å². The quantitative estimate of drug-likeness (QED) is 0.495. The molecule has 2 aliphatic rings. The van der Waals surface area contributed by atoms with E-state index in [2.05, 4.69) is 5.32 Å². The van der Waals surface area contributed by atoms with Crippen molar-refractivity contribution in [3.8, 4) is 5.75 Å². The van der Waals surface area contributed by atoms with Gasteiger partial charge in [0.15, 0.2) is 0 Å². The van der Waals surface area contributed by atoms with E-state index < -0.39 is 5.54 Å². The molecular weight excluding hydrogens is 438 g/mol. The minimum Gasteiger partial charge on any atom is -0.494 e. The van der Waals surface area contributed by atoms with E-state index >= 15 is 0 Å². The van der Waals surface area contributed by atoms with Crippen molar-refractivity contribution >= 4 is 22.7 Å². The van der Waals surface area contributed by atoms with Crippen LogP contribution in [0.15, 0.2) is 54.6 Å². The number of hydrogen-bond acceptors (Lipinski definition) is 3. The fourth-order valence-electron chi connectivity index (χ4n) is 5.56. The predicted octanol–water partition coefficient (Wildman–Crippen LogP) is 5.29. The first kappa shape index (κ1) is 23.5. The third-order valence-corrected chi connectivity index (χ3v) is 7.59. The average molecular weight is 474 g/mol. The second kappa shape index (κ2) is 9.76. The summed E-state index contributed by atoms with van der Waals surface area (Å²) in [4.78, 5) is 29.6. The minimum absolute atomic E-state index is 0.0629. The number of benzene rings is 2. The van der Waals surface area contributed by atoms with Crippen LogP contribution >= 0.6 is 0 Å². The predicted molar refractivity (Wildman–Crippen MR) is 137 cm³/mol. The van der Waals surface area contributed by atoms with Crippen molar-refractivity contribution in [1.82, 2.24) is 14.8 Å². The molecule has 3 aromatic rings. The number of amides is 2. The molecule has 1 aliphatic carbocycles. The summed E-state index contributed by atoms with van der Waals surface area (Å²) < 4.78 is 7.60. The molecule has 5 rings (SSSR count). The van der Waals surface area contributed by atoms with Gasteiger partial charge in [-0.1, -0.05) is 56.0 Å². The molecule has 1 atom stereocenters. The van der Waals surface area contributed by atoms with E-state index in [0.717, 1.165) is 47.9 Å². The van der Waals surface area contributed by atoms with Crippen LogP contribution in [-0.4, -0.2) is 39.5 Å². The Labute approximate surface area is 207 Å². The summed E-state index contributed by atoms with van der Waals surface area (Å²) >= 11 is 0. The summed E-state index contributed by atoms with van der Waals surface area (Å²) in [6.07, 6.45) is 6.75. The Morgan fingerprint density at radius 1 is 1.06 bits per heavy atom. The maximum absolute atomic E-state index is 13.9. The van der Waals surface area contributed by atoms with E-state index in [4.69, 9.17) is 4.74 Å². The topological polar surface area (TPSA) is 63.6 Å². The van der Waals surface area contributed by atoms with Crippen molar-refractivity contribution in [2.24, 2.45) is 0 Å². The van der Waals surface area contributed by atoms with Gasteiger partial charge >= 0.3 is 0 Å². The summed E-state index contributed by atoms with van der Waals surface area (Å²) in [5.74, 6) is 0.627. The molecule has 6 nitrogen and oxygen atoms in total. The molecule has 35 heavy (non-hydrogen) atoms. The lowest BCUT2D eigenvalue weighted by atomic mass is 9.93. The van der Waals surface area contributed by atoms with Gasteiger partial charge in [-0.2, -0.15) is 0 Å². The molecule has 6 heteroatoms. The van der Waals surface area contributed by atoms with Crippen molar-refractivity contribution in [3.05, 3.63) is 65.9 Å². The number of para-hydroxylation sites is 1. The van der Waals surface area contributed by atoms with Crippen LogP contribution in [0.5, 0.6) is 5.75 Å². The molecule has 2 heterocycles. The number of nitrogens with zero attached hydrogens (tertiary/aromatic N) is 2. The number of ether oxygens (including phenoxy) is 1. The highest BCUT2D eigenvalue weighted by Crippen LogP contribution is 2.34. The number of fused-ring (bicyclic) bond motifs is 3. The Kier molecular flexibility index (Phi) is 6.54. The summed E-state index contributed by atoms with van der Waals surface area (Å²) in [7, 11) is 0. The molecule has 0 saturated heterocycles. The highest BCUT2D eigenvalue weighted by Gasteiger charge is 2.48. The molecule has 2 aromatic carbocycles. The molecule has 1 N–H and O–H groups in total. The molecule has 0 radical (unpaired) electrons. The van der Waals surface area contributed by atoms with Crippen LogP contribution in [0.4, 0.5) is 0 Å². The van der Waals surface area contributed by atoms with Crippen LogP contribution in [0.3, 0.4) is 0 Å². The number of hydrogen-bond donors (Lipinski definition) is 1. The molecule has 1 aliphatic heterocycles. The van der Waals surface area contributed by atoms with E-state index in [1.54, 1.807) is 4.90 Å². The maximum atomic E-state index is 13.9. The van der Waals surface area contributed by atoms with Gasteiger partial charge in [0, 0.05) is 23.5 Å². The van der Waals surface area contributed by atoms with Gasteiger partial charge in [0.05, 0.1) is 13.2 Å². The maximum Gasteiger partial charge on any atom is 0.271 e. The molecule has 1 fully saturated rings. The largest absolute Gasteiger partial charge is 0.494 e. The van der Waals surface area contributed by atoms with Crippen LogP contribution in [0.2, 0.25) is 0 Å². The summed E-state index contributed by atoms with van der Waals surface area (Å²) in [5.41, 5.74) is 1.60. The lowest BCUT2D eigenvalue weighted by Gasteiger charge is -2.44. The highest BCUT2D eigenvalue weighted by atomic mass is 16.5. The lowest BCUT2D eigenvalue weighted by Crippen LogP contribution is -2.64. The van der Waals surface area contributed by atoms with Crippen molar-refractivity contribution in [2.45, 2.75) is 77.0 Å². The van der Waals surface area contributed by atoms with Gasteiger partial charge in [-0.25, -0.2) is 0 Å². The Balaban J connectivity index is 1.50. The van der Waals surface area contributed by atoms with Crippen molar-refractivity contribution in [3.63, 3.8) is 0 Å². The van der Waals surface area contributed by atoms with Crippen LogP contribution < -0.4 is 10.1 Å². The first-order valence-corrected chi connectivity index (χ1v) is 12.9. The Bertz CT molecular complexity index is 1210. The third-order valence-electron chi connectivity index (χ3n) is 7.59. The molecule has 184 valence electrons. The van der Waals surface area contributed by atoms with Gasteiger partial charge in [-0.15, -0.1) is 0 Å². The third kappa shape index (κ3) is 4.54. The lowest BCUT2D eigenvalue weighted by molar-refractivity contribution is -0.134. The summed E-state index contributed by atoms with van der Waals surface area (Å²) in [6.45, 7) is 5.27. The Hall–Kier alpha value is -3.28. The van der Waals surface area contributed by atoms with Gasteiger partial charge in [-0.3, -0.25) is 9.59 Å². The van der Waals surface area contributed by atoms with Crippen LogP contribution in [0.25, 0.3) is 10.9 Å². The molecule has 1 aromatic heterocycles. The zero-order valence-electron chi connectivity index (χ0n) is 20.8. The molecule has 0 spiro atoms. The smallest absolute Gasteiger partial charge is 0.271 e. The molecule has 1 saturated carbocycles. The number of carbonyl (C=O) groups is 2. The van der Waals surface area contributed by atoms with E-state index in [9.17, 15) is 9.59 Å². The Morgan fingerprint density at radius 3 is 2.49 bits per heavy atom. The van der Waals surface area contributed by atoms with E-state index in [-0.39, 0.29) is 17.9 Å². The summed E-state index contributed by atoms with van der Waals surface area (Å²) in [5, 5.41) is 4.35. The fourth-order valence-corrected chi connectivity index (χ4v) is 5.56. The van der Waals surface area contributed by atoms with Gasteiger partial charge in [0.25, 0.3) is 5.91 Å². The zero-order chi connectivity index (χ0) is 24.4. The van der Waals surface area contributed by atoms with Crippen molar-refractivity contribution in [1.29, 1.82) is 0 Å². The standard InChI is InChI=1S/C29H35N3O3/c1-3-35-24-16-14-21(15-17-24)19-32-27(33)26-18-22-10-8-9-13-25(22)31(26)20-29(32,2)28(34)30-23-11-6-4-5-7-12-23/h8-10,13-18,23H,3-7,11-12,19-20H2,1-2H3,(H,30,34). The van der Waals surface area contributed by atoms with Crippen LogP contribution in [-0.2, 0) is 17.9 Å². The monoisotopic (exact) mass is 473 g/mol.